The second-order valence-corrected chi connectivity index (χ2v) is 18.0. The van der Waals surface area contributed by atoms with Crippen molar-refractivity contribution in [3.05, 3.63) is 24.3 Å². The normalized spacial score (nSPS) is 42.8. The number of aliphatic hydroxyl groups is 3. The fourth-order valence-corrected chi connectivity index (χ4v) is 8.98. The fourth-order valence-electron chi connectivity index (χ4n) is 8.98. The third kappa shape index (κ3) is 14.8. The summed E-state index contributed by atoms with van der Waals surface area (Å²) in [5, 5.41) is 33.5. The topological polar surface area (TPSA) is 251 Å². The lowest BCUT2D eigenvalue weighted by molar-refractivity contribution is -0.359. The molecule has 0 unspecified atom stereocenters. The first-order valence-corrected chi connectivity index (χ1v) is 22.5. The van der Waals surface area contributed by atoms with E-state index in [1.165, 1.54) is 14.0 Å². The molecule has 64 heavy (non-hydrogen) atoms. The van der Waals surface area contributed by atoms with Gasteiger partial charge in [0.25, 0.3) is 0 Å². The summed E-state index contributed by atoms with van der Waals surface area (Å²) in [7, 11) is 5.40. The third-order valence-electron chi connectivity index (χ3n) is 12.4. The summed E-state index contributed by atoms with van der Waals surface area (Å²) < 4.78 is 60.4. The van der Waals surface area contributed by atoms with E-state index in [1.807, 2.05) is 52.2 Å². The molecule has 5 N–H and O–H groups in total. The molecule has 3 saturated heterocycles. The molecule has 19 nitrogen and oxygen atoms in total. The van der Waals surface area contributed by atoms with Crippen molar-refractivity contribution in [3.8, 4) is 0 Å². The number of carbonyl (C=O) groups is 4. The number of nitrogens with two attached hydrogens (primary N) is 1. The van der Waals surface area contributed by atoms with E-state index in [4.69, 9.17) is 53.1 Å². The van der Waals surface area contributed by atoms with Crippen LogP contribution in [0.3, 0.4) is 0 Å². The van der Waals surface area contributed by atoms with Gasteiger partial charge in [0, 0.05) is 45.8 Å². The van der Waals surface area contributed by atoms with Crippen molar-refractivity contribution < 1.29 is 81.9 Å². The maximum atomic E-state index is 13.5. The van der Waals surface area contributed by atoms with Crippen molar-refractivity contribution in [2.45, 2.75) is 204 Å². The predicted octanol–water partition coefficient (Wildman–Crippen LogP) is 2.18. The third-order valence-corrected chi connectivity index (χ3v) is 12.4. The molecule has 19 heteroatoms. The Morgan fingerprint density at radius 2 is 1.69 bits per heavy atom. The van der Waals surface area contributed by atoms with Crippen LogP contribution in [0, 0.1) is 11.8 Å². The highest BCUT2D eigenvalue weighted by Gasteiger charge is 2.52. The van der Waals surface area contributed by atoms with E-state index in [1.54, 1.807) is 20.8 Å². The van der Waals surface area contributed by atoms with Gasteiger partial charge in [0.1, 0.15) is 42.4 Å². The molecule has 4 aliphatic rings. The van der Waals surface area contributed by atoms with Gasteiger partial charge in [-0.05, 0) is 72.9 Å². The zero-order valence-corrected chi connectivity index (χ0v) is 39.0. The number of methoxy groups -OCH3 is 1. The van der Waals surface area contributed by atoms with Gasteiger partial charge in [-0.25, -0.2) is 0 Å². The van der Waals surface area contributed by atoms with Gasteiger partial charge in [0.15, 0.2) is 31.3 Å². The molecule has 0 aromatic rings. The lowest BCUT2D eigenvalue weighted by atomic mass is 9.82. The van der Waals surface area contributed by atoms with Gasteiger partial charge in [0.05, 0.1) is 36.9 Å². The molecular formula is C45H74N2O17. The van der Waals surface area contributed by atoms with Gasteiger partial charge in [-0.3, -0.25) is 14.4 Å². The molecule has 0 aromatic carbocycles. The van der Waals surface area contributed by atoms with E-state index in [2.05, 4.69) is 4.90 Å². The van der Waals surface area contributed by atoms with Crippen LogP contribution in [-0.4, -0.2) is 170 Å². The lowest BCUT2D eigenvalue weighted by Crippen LogP contribution is -2.65. The Morgan fingerprint density at radius 3 is 2.30 bits per heavy atom. The fraction of sp³-hybridized carbons (Fsp3) is 0.822. The Morgan fingerprint density at radius 1 is 0.969 bits per heavy atom. The molecule has 0 aromatic heterocycles. The van der Waals surface area contributed by atoms with Crippen molar-refractivity contribution in [1.29, 1.82) is 0 Å². The summed E-state index contributed by atoms with van der Waals surface area (Å²) in [4.78, 5) is 52.8. The number of ether oxygens (including phenoxy) is 10. The van der Waals surface area contributed by atoms with Gasteiger partial charge < -0.3 is 78.1 Å². The summed E-state index contributed by atoms with van der Waals surface area (Å²) in [5.74, 6) is -3.03. The van der Waals surface area contributed by atoms with E-state index in [0.717, 1.165) is 19.6 Å². The average Bonchev–Trinajstić information content (AvgIpc) is 3.20. The van der Waals surface area contributed by atoms with Gasteiger partial charge in [-0.15, -0.1) is 0 Å². The molecule has 0 saturated carbocycles. The smallest absolute Gasteiger partial charge is 0.309 e. The van der Waals surface area contributed by atoms with Crippen molar-refractivity contribution in [2.24, 2.45) is 17.6 Å². The predicted molar refractivity (Wildman–Crippen MR) is 228 cm³/mol. The van der Waals surface area contributed by atoms with Gasteiger partial charge >= 0.3 is 17.9 Å². The number of carbonyl (C=O) groups excluding carboxylic acids is 4. The maximum Gasteiger partial charge on any atom is 0.309 e. The SMILES string of the molecule is CCC(=O)O[C@@H]1CC(=O)O[C@H](C)C/C=C/C=C/[C@@H](O[C@@H]2CC[C@@H](N(C)C)[C@H](C)O2)[C@H](C)C[C@H](CC=O)[C@H](O[C@H]2O[C@@H](C)[C@H](O[C@H]3C[C@@](C)(O)[C@@H](OC(C)=O)[C@H](O)O3)[C@@H](N)[C@@H]2O)[C@H]1OC. The van der Waals surface area contributed by atoms with Gasteiger partial charge in [-0.1, -0.05) is 38.2 Å². The van der Waals surface area contributed by atoms with Crippen LogP contribution in [0.15, 0.2) is 24.3 Å². The molecule has 0 aliphatic carbocycles. The number of cyclic esters (lactones) is 1. The number of rotatable bonds is 13. The number of aldehydes is 1. The minimum absolute atomic E-state index is 0.0220. The molecule has 4 aliphatic heterocycles. The maximum absolute atomic E-state index is 13.5. The molecule has 4 rings (SSSR count). The lowest BCUT2D eigenvalue weighted by Gasteiger charge is -2.48. The number of hydrogen-bond acceptors (Lipinski definition) is 19. The van der Waals surface area contributed by atoms with Crippen molar-refractivity contribution in [3.63, 3.8) is 0 Å². The zero-order valence-electron chi connectivity index (χ0n) is 39.0. The number of allylic oxidation sites excluding steroid dienone is 2. The Balaban J connectivity index is 1.68. The van der Waals surface area contributed by atoms with Crippen LogP contribution in [0.5, 0.6) is 0 Å². The summed E-state index contributed by atoms with van der Waals surface area (Å²) in [6, 6.07) is -0.992. The van der Waals surface area contributed by atoms with E-state index < -0.39 is 122 Å². The number of hydrogen-bond donors (Lipinski definition) is 4. The Labute approximate surface area is 377 Å². The Bertz CT molecular complexity index is 1560. The van der Waals surface area contributed by atoms with E-state index in [9.17, 15) is 34.5 Å². The number of likely N-dealkylation sites (N-methyl/N-ethyl adjacent to an activating group) is 1. The molecule has 3 fully saturated rings. The molecule has 4 heterocycles. The molecule has 0 radical (unpaired) electrons. The first-order valence-electron chi connectivity index (χ1n) is 22.5. The standard InChI is InChI=1S/C45H74N2O17/c1-11-33(50)60-32-22-34(51)56-25(3)15-13-12-14-16-31(61-35-18-17-30(47(8)9)26(4)57-35)24(2)21-29(19-20-48)40(41(32)55-10)64-44-38(52)37(46)39(27(5)58-44)62-36-23-45(7,54)42(43(53)63-36)59-28(6)49/h12-14,16,20,24-27,29-32,35-44,52-54H,11,15,17-19,21-23,46H2,1-10H3/b13-12+,16-14+/t24-,25-,26+,27+,29+,30-,31-,32-,35-,36-,37+,38+,39+,40+,41+,42+,43-,44-,45-/m1/s1. The zero-order chi connectivity index (χ0) is 47.5. The van der Waals surface area contributed by atoms with Gasteiger partial charge in [-0.2, -0.15) is 0 Å². The van der Waals surface area contributed by atoms with Crippen molar-refractivity contribution in [1.82, 2.24) is 4.90 Å². The molecule has 19 atom stereocenters. The van der Waals surface area contributed by atoms with E-state index in [0.29, 0.717) is 12.8 Å². The number of nitrogens with zero attached hydrogens (tertiary/aromatic N) is 1. The minimum atomic E-state index is -1.76. The van der Waals surface area contributed by atoms with Crippen LogP contribution in [-0.2, 0) is 66.5 Å². The van der Waals surface area contributed by atoms with Crippen molar-refractivity contribution >= 4 is 24.2 Å². The molecule has 0 bridgehead atoms. The monoisotopic (exact) mass is 914 g/mol. The highest BCUT2D eigenvalue weighted by molar-refractivity contribution is 5.72. The van der Waals surface area contributed by atoms with Crippen LogP contribution >= 0.6 is 0 Å². The largest absolute Gasteiger partial charge is 0.462 e. The summed E-state index contributed by atoms with van der Waals surface area (Å²) in [6.07, 6.45) is -5.16. The number of aliphatic hydroxyl groups excluding tert-OH is 2. The average molecular weight is 915 g/mol. The van der Waals surface area contributed by atoms with Crippen LogP contribution in [0.25, 0.3) is 0 Å². The van der Waals surface area contributed by atoms with Crippen LogP contribution in [0.1, 0.15) is 99.8 Å². The van der Waals surface area contributed by atoms with E-state index in [-0.39, 0.29) is 43.7 Å². The molecule has 0 spiro atoms. The highest BCUT2D eigenvalue weighted by atomic mass is 16.8. The first-order chi connectivity index (χ1) is 30.2. The minimum Gasteiger partial charge on any atom is -0.462 e. The summed E-state index contributed by atoms with van der Waals surface area (Å²) in [5.41, 5.74) is 4.88. The van der Waals surface area contributed by atoms with Crippen LogP contribution < -0.4 is 5.73 Å². The van der Waals surface area contributed by atoms with Gasteiger partial charge in [0.2, 0.25) is 0 Å². The van der Waals surface area contributed by atoms with Crippen LogP contribution in [0.4, 0.5) is 0 Å². The highest BCUT2D eigenvalue weighted by Crippen LogP contribution is 2.37. The Kier molecular flexibility index (Phi) is 20.7. The quantitative estimate of drug-likeness (QED) is 0.117. The second kappa shape index (κ2) is 24.7. The molecule has 366 valence electrons. The van der Waals surface area contributed by atoms with E-state index >= 15 is 0 Å². The second-order valence-electron chi connectivity index (χ2n) is 18.0. The molecule has 0 amide bonds. The molecular weight excluding hydrogens is 840 g/mol. The summed E-state index contributed by atoms with van der Waals surface area (Å²) in [6.45, 7) is 11.5. The number of esters is 3. The van der Waals surface area contributed by atoms with Crippen LogP contribution in [0.2, 0.25) is 0 Å². The Hall–Kier alpha value is -2.92. The summed E-state index contributed by atoms with van der Waals surface area (Å²) >= 11 is 0. The van der Waals surface area contributed by atoms with Crippen molar-refractivity contribution in [2.75, 3.05) is 21.2 Å². The first kappa shape index (κ1) is 53.7.